The minimum Gasteiger partial charge on any atom is -0.496 e. The molecule has 0 atom stereocenters. The van der Waals surface area contributed by atoms with Crippen LogP contribution < -0.4 is 19.5 Å². The highest BCUT2D eigenvalue weighted by molar-refractivity contribution is 7.18. The molecule has 9 nitrogen and oxygen atoms in total. The number of hydrogen-bond donors (Lipinski definition) is 1. The highest BCUT2D eigenvalue weighted by Crippen LogP contribution is 2.37. The van der Waals surface area contributed by atoms with Gasteiger partial charge in [0.2, 0.25) is 4.96 Å². The molecule has 1 fully saturated rings. The van der Waals surface area contributed by atoms with Gasteiger partial charge in [0.15, 0.2) is 5.76 Å². The van der Waals surface area contributed by atoms with Gasteiger partial charge in [0.1, 0.15) is 22.8 Å². The van der Waals surface area contributed by atoms with E-state index in [-0.39, 0.29) is 0 Å². The zero-order valence-electron chi connectivity index (χ0n) is 19.5. The third-order valence-corrected chi connectivity index (χ3v) is 6.88. The van der Waals surface area contributed by atoms with Gasteiger partial charge in [0, 0.05) is 31.4 Å². The van der Waals surface area contributed by atoms with Crippen molar-refractivity contribution in [3.63, 3.8) is 0 Å². The molecule has 1 aliphatic heterocycles. The summed E-state index contributed by atoms with van der Waals surface area (Å²) in [6.45, 7) is 3.44. The van der Waals surface area contributed by atoms with Crippen LogP contribution in [0.25, 0.3) is 27.4 Å². The molecule has 3 aromatic heterocycles. The average Bonchev–Trinajstić information content (AvgIpc) is 3.56. The number of nitrogens with one attached hydrogen (secondary N) is 1. The quantitative estimate of drug-likeness (QED) is 0.309. The number of unbranched alkanes of at least 4 members (excludes halogenated alkanes) is 2. The normalized spacial score (nSPS) is 14.8. The van der Waals surface area contributed by atoms with E-state index in [1.165, 1.54) is 11.3 Å². The number of hydrogen-bond acceptors (Lipinski definition) is 9. The second-order valence-corrected chi connectivity index (χ2v) is 9.24. The number of benzene rings is 1. The monoisotopic (exact) mass is 486 g/mol. The van der Waals surface area contributed by atoms with E-state index < -0.39 is 0 Å². The van der Waals surface area contributed by atoms with Crippen molar-refractivity contribution in [2.75, 3.05) is 40.6 Å². The summed E-state index contributed by atoms with van der Waals surface area (Å²) < 4.78 is 30.0. The largest absolute Gasteiger partial charge is 0.496 e. The molecule has 1 aliphatic rings. The molecule has 1 saturated heterocycles. The molecule has 1 aromatic carbocycles. The van der Waals surface area contributed by atoms with Crippen LogP contribution in [0, 0.1) is 0 Å². The maximum absolute atomic E-state index is 6.15. The van der Waals surface area contributed by atoms with Crippen molar-refractivity contribution >= 4 is 27.3 Å². The summed E-state index contributed by atoms with van der Waals surface area (Å²) in [7, 11) is 3.24. The molecule has 4 aromatic rings. The molecule has 1 N–H and O–H groups in total. The summed E-state index contributed by atoms with van der Waals surface area (Å²) in [5, 5.41) is 9.43. The van der Waals surface area contributed by atoms with Crippen molar-refractivity contribution in [1.29, 1.82) is 0 Å². The lowest BCUT2D eigenvalue weighted by atomic mass is 10.1. The Hall–Kier alpha value is -2.82. The summed E-state index contributed by atoms with van der Waals surface area (Å²) in [5.41, 5.74) is 1.41. The Labute approximate surface area is 202 Å². The van der Waals surface area contributed by atoms with Crippen LogP contribution in [0.2, 0.25) is 0 Å². The van der Waals surface area contributed by atoms with Gasteiger partial charge in [0.25, 0.3) is 5.19 Å². The molecular formula is C24H30N4O5S. The number of furan rings is 1. The van der Waals surface area contributed by atoms with Crippen molar-refractivity contribution < 1.29 is 23.4 Å². The van der Waals surface area contributed by atoms with Gasteiger partial charge >= 0.3 is 0 Å². The highest BCUT2D eigenvalue weighted by Gasteiger charge is 2.17. The Kier molecular flexibility index (Phi) is 7.17. The Bertz CT molecular complexity index is 1200. The summed E-state index contributed by atoms with van der Waals surface area (Å²) in [6, 6.07) is 6.35. The maximum Gasteiger partial charge on any atom is 0.294 e. The molecule has 0 aliphatic carbocycles. The fraction of sp³-hybridized carbons (Fsp3) is 0.500. The topological polar surface area (TPSA) is 92.3 Å². The van der Waals surface area contributed by atoms with E-state index >= 15 is 0 Å². The molecule has 0 saturated carbocycles. The smallest absolute Gasteiger partial charge is 0.294 e. The van der Waals surface area contributed by atoms with E-state index in [1.807, 2.05) is 24.4 Å². The van der Waals surface area contributed by atoms with E-state index in [1.54, 1.807) is 18.7 Å². The number of nitrogens with zero attached hydrogens (tertiary/aromatic N) is 3. The second-order valence-electron chi connectivity index (χ2n) is 8.32. The molecule has 4 heterocycles. The summed E-state index contributed by atoms with van der Waals surface area (Å²) in [5.74, 6) is 2.11. The Morgan fingerprint density at radius 2 is 2.00 bits per heavy atom. The van der Waals surface area contributed by atoms with Crippen LogP contribution in [0.4, 0.5) is 0 Å². The van der Waals surface area contributed by atoms with Gasteiger partial charge in [-0.1, -0.05) is 0 Å². The standard InChI is InChI=1S/C24H30N4O5S/c1-29-17-12-20(32-9-5-3-4-8-25-16-6-10-31-11-7-16)18-14-22(33-21(18)13-17)19-15-28-23(26-19)34-24(27-28)30-2/h12-16,25H,3-11H2,1-2H3. The summed E-state index contributed by atoms with van der Waals surface area (Å²) >= 11 is 1.38. The second kappa shape index (κ2) is 10.6. The van der Waals surface area contributed by atoms with Crippen LogP contribution in [-0.2, 0) is 4.74 Å². The van der Waals surface area contributed by atoms with Crippen LogP contribution in [0.3, 0.4) is 0 Å². The van der Waals surface area contributed by atoms with Gasteiger partial charge in [0.05, 0.1) is 32.4 Å². The van der Waals surface area contributed by atoms with E-state index in [4.69, 9.17) is 23.4 Å². The molecule has 182 valence electrons. The fourth-order valence-corrected chi connectivity index (χ4v) is 4.82. The first-order valence-electron chi connectivity index (χ1n) is 11.7. The van der Waals surface area contributed by atoms with Gasteiger partial charge in [-0.15, -0.1) is 5.10 Å². The lowest BCUT2D eigenvalue weighted by Crippen LogP contribution is -2.35. The number of aromatic nitrogens is 3. The number of ether oxygens (including phenoxy) is 4. The van der Waals surface area contributed by atoms with Crippen molar-refractivity contribution in [3.8, 4) is 28.1 Å². The van der Waals surface area contributed by atoms with Crippen LogP contribution >= 0.6 is 11.3 Å². The van der Waals surface area contributed by atoms with E-state index in [0.717, 1.165) is 68.0 Å². The molecule has 0 bridgehead atoms. The minimum absolute atomic E-state index is 0.568. The maximum atomic E-state index is 6.15. The first-order valence-corrected chi connectivity index (χ1v) is 12.5. The van der Waals surface area contributed by atoms with Crippen LogP contribution in [-0.4, -0.2) is 61.2 Å². The number of fused-ring (bicyclic) bond motifs is 2. The Morgan fingerprint density at radius 1 is 1.12 bits per heavy atom. The molecule has 0 radical (unpaired) electrons. The lowest BCUT2D eigenvalue weighted by molar-refractivity contribution is 0.0780. The fourth-order valence-electron chi connectivity index (χ4n) is 4.12. The predicted octanol–water partition coefficient (Wildman–Crippen LogP) is 4.54. The van der Waals surface area contributed by atoms with Gasteiger partial charge in [-0.3, -0.25) is 0 Å². The van der Waals surface area contributed by atoms with Crippen molar-refractivity contribution in [2.45, 2.75) is 38.1 Å². The van der Waals surface area contributed by atoms with Crippen molar-refractivity contribution in [3.05, 3.63) is 24.4 Å². The summed E-state index contributed by atoms with van der Waals surface area (Å²) in [6.07, 6.45) is 7.30. The molecule has 34 heavy (non-hydrogen) atoms. The molecule has 10 heteroatoms. The molecule has 5 rings (SSSR count). The zero-order chi connectivity index (χ0) is 23.3. The third-order valence-electron chi connectivity index (χ3n) is 5.99. The molecule has 0 unspecified atom stereocenters. The third kappa shape index (κ3) is 5.13. The zero-order valence-corrected chi connectivity index (χ0v) is 20.4. The first-order chi connectivity index (χ1) is 16.7. The van der Waals surface area contributed by atoms with Gasteiger partial charge in [-0.25, -0.2) is 9.50 Å². The molecule has 0 spiro atoms. The van der Waals surface area contributed by atoms with E-state index in [2.05, 4.69) is 15.4 Å². The Balaban J connectivity index is 1.20. The van der Waals surface area contributed by atoms with E-state index in [9.17, 15) is 0 Å². The van der Waals surface area contributed by atoms with Gasteiger partial charge < -0.3 is 28.7 Å². The SMILES string of the molecule is COc1cc(OCCCCCNC2CCOCC2)c2cc(-c3cn4nc(OC)sc4n3)oc2c1. The average molecular weight is 487 g/mol. The van der Waals surface area contributed by atoms with Crippen LogP contribution in [0.1, 0.15) is 32.1 Å². The highest BCUT2D eigenvalue weighted by atomic mass is 32.1. The number of imidazole rings is 1. The van der Waals surface area contributed by atoms with Crippen molar-refractivity contribution in [2.24, 2.45) is 0 Å². The summed E-state index contributed by atoms with van der Waals surface area (Å²) in [4.78, 5) is 5.36. The first kappa shape index (κ1) is 22.9. The molecule has 0 amide bonds. The Morgan fingerprint density at radius 3 is 2.79 bits per heavy atom. The predicted molar refractivity (Wildman–Crippen MR) is 130 cm³/mol. The van der Waals surface area contributed by atoms with E-state index in [0.29, 0.717) is 40.6 Å². The lowest BCUT2D eigenvalue weighted by Gasteiger charge is -2.23. The number of methoxy groups -OCH3 is 2. The van der Waals surface area contributed by atoms with Crippen LogP contribution in [0.5, 0.6) is 16.7 Å². The molecular weight excluding hydrogens is 456 g/mol. The van der Waals surface area contributed by atoms with Crippen molar-refractivity contribution in [1.82, 2.24) is 19.9 Å². The van der Waals surface area contributed by atoms with Gasteiger partial charge in [-0.05, 0) is 56.1 Å². The minimum atomic E-state index is 0.568. The number of rotatable bonds is 11. The van der Waals surface area contributed by atoms with Gasteiger partial charge in [-0.2, -0.15) is 0 Å². The van der Waals surface area contributed by atoms with Crippen LogP contribution in [0.15, 0.2) is 28.8 Å².